The topological polar surface area (TPSA) is 82.7 Å². The first-order valence-corrected chi connectivity index (χ1v) is 9.59. The lowest BCUT2D eigenvalue weighted by Gasteiger charge is -2.09. The predicted molar refractivity (Wildman–Crippen MR) is 116 cm³/mol. The lowest BCUT2D eigenvalue weighted by Crippen LogP contribution is -2.15. The van der Waals surface area contributed by atoms with Gasteiger partial charge in [0.15, 0.2) is 0 Å². The molecule has 29 heavy (non-hydrogen) atoms. The van der Waals surface area contributed by atoms with Crippen LogP contribution < -0.4 is 10.6 Å². The van der Waals surface area contributed by atoms with Crippen molar-refractivity contribution in [2.75, 3.05) is 17.2 Å². The summed E-state index contributed by atoms with van der Waals surface area (Å²) in [5, 5.41) is 7.40. The van der Waals surface area contributed by atoms with E-state index in [1.165, 1.54) is 17.1 Å². The van der Waals surface area contributed by atoms with Crippen LogP contribution in [0.3, 0.4) is 0 Å². The van der Waals surface area contributed by atoms with Crippen molar-refractivity contribution in [1.29, 1.82) is 0 Å². The van der Waals surface area contributed by atoms with Gasteiger partial charge in [-0.1, -0.05) is 30.3 Å². The van der Waals surface area contributed by atoms with Crippen LogP contribution in [0.1, 0.15) is 27.2 Å². The van der Waals surface area contributed by atoms with E-state index < -0.39 is 0 Å². The predicted octanol–water partition coefficient (Wildman–Crippen LogP) is 4.48. The van der Waals surface area contributed by atoms with E-state index in [-0.39, 0.29) is 11.6 Å². The van der Waals surface area contributed by atoms with Crippen molar-refractivity contribution in [2.24, 2.45) is 0 Å². The quantitative estimate of drug-likeness (QED) is 0.457. The fraction of sp³-hybridized carbons (Fsp3) is 0.174. The van der Waals surface area contributed by atoms with E-state index in [4.69, 9.17) is 0 Å². The van der Waals surface area contributed by atoms with Gasteiger partial charge in [-0.2, -0.15) is 0 Å². The van der Waals surface area contributed by atoms with Gasteiger partial charge < -0.3 is 15.6 Å². The molecule has 0 aliphatic heterocycles. The lowest BCUT2D eigenvalue weighted by atomic mass is 10.1. The van der Waals surface area contributed by atoms with Gasteiger partial charge in [-0.3, -0.25) is 4.79 Å². The average Bonchev–Trinajstić information content (AvgIpc) is 3.14. The Kier molecular flexibility index (Phi) is 5.24. The summed E-state index contributed by atoms with van der Waals surface area (Å²) >= 11 is 0. The van der Waals surface area contributed by atoms with Crippen molar-refractivity contribution in [3.05, 3.63) is 83.4 Å². The first-order chi connectivity index (χ1) is 14.1. The molecule has 0 bridgehead atoms. The number of benzene rings is 2. The van der Waals surface area contributed by atoms with Crippen molar-refractivity contribution in [3.63, 3.8) is 0 Å². The fourth-order valence-electron chi connectivity index (χ4n) is 3.26. The minimum Gasteiger partial charge on any atom is -0.368 e. The highest BCUT2D eigenvalue weighted by Crippen LogP contribution is 2.19. The van der Waals surface area contributed by atoms with Gasteiger partial charge in [-0.05, 0) is 49.1 Å². The van der Waals surface area contributed by atoms with Crippen LogP contribution in [-0.2, 0) is 6.42 Å². The van der Waals surface area contributed by atoms with Gasteiger partial charge >= 0.3 is 0 Å². The standard InChI is InChI=1S/C23H23N5O/c1-15-7-8-16(2)20(11-15)28-23(29)21-13-27-22(14-26-21)24-10-9-17-12-25-19-6-4-3-5-18(17)19/h3-8,11-14,25H,9-10H2,1-2H3,(H,24,27)(H,28,29). The summed E-state index contributed by atoms with van der Waals surface area (Å²) in [7, 11) is 0. The minimum absolute atomic E-state index is 0.267. The minimum atomic E-state index is -0.267. The molecule has 0 radical (unpaired) electrons. The summed E-state index contributed by atoms with van der Waals surface area (Å²) in [6.45, 7) is 4.68. The third kappa shape index (κ3) is 4.27. The number of nitrogens with one attached hydrogen (secondary N) is 3. The molecule has 0 fully saturated rings. The molecule has 0 unspecified atom stereocenters. The Morgan fingerprint density at radius 2 is 1.93 bits per heavy atom. The molecule has 146 valence electrons. The Labute approximate surface area is 169 Å². The summed E-state index contributed by atoms with van der Waals surface area (Å²) < 4.78 is 0. The van der Waals surface area contributed by atoms with Crippen LogP contribution >= 0.6 is 0 Å². The van der Waals surface area contributed by atoms with Crippen LogP contribution in [0.2, 0.25) is 0 Å². The molecule has 0 saturated carbocycles. The number of carbonyl (C=O) groups is 1. The molecule has 4 rings (SSSR count). The molecular formula is C23H23N5O. The molecule has 3 N–H and O–H groups in total. The summed E-state index contributed by atoms with van der Waals surface area (Å²) in [6.07, 6.45) is 5.99. The first kappa shape index (κ1) is 18.7. The van der Waals surface area contributed by atoms with E-state index in [1.54, 1.807) is 6.20 Å². The summed E-state index contributed by atoms with van der Waals surface area (Å²) in [6, 6.07) is 14.2. The third-order valence-corrected chi connectivity index (χ3v) is 4.90. The molecule has 0 spiro atoms. The zero-order chi connectivity index (χ0) is 20.2. The number of para-hydroxylation sites is 1. The van der Waals surface area contributed by atoms with Crippen LogP contribution in [0.4, 0.5) is 11.5 Å². The van der Waals surface area contributed by atoms with E-state index in [0.717, 1.165) is 35.3 Å². The van der Waals surface area contributed by atoms with E-state index in [2.05, 4.69) is 37.7 Å². The van der Waals surface area contributed by atoms with Gasteiger partial charge in [-0.25, -0.2) is 9.97 Å². The van der Waals surface area contributed by atoms with Crippen molar-refractivity contribution in [3.8, 4) is 0 Å². The molecule has 2 heterocycles. The van der Waals surface area contributed by atoms with Gasteiger partial charge in [0.1, 0.15) is 11.5 Å². The molecule has 2 aromatic carbocycles. The molecule has 0 atom stereocenters. The molecule has 0 aliphatic rings. The van der Waals surface area contributed by atoms with Crippen molar-refractivity contribution in [2.45, 2.75) is 20.3 Å². The average molecular weight is 385 g/mol. The number of fused-ring (bicyclic) bond motifs is 1. The van der Waals surface area contributed by atoms with Gasteiger partial charge in [0.25, 0.3) is 5.91 Å². The molecule has 2 aromatic heterocycles. The molecule has 0 aliphatic carbocycles. The molecular weight excluding hydrogens is 362 g/mol. The number of aromatic amines is 1. The normalized spacial score (nSPS) is 10.8. The lowest BCUT2D eigenvalue weighted by molar-refractivity contribution is 0.102. The molecule has 0 saturated heterocycles. The van der Waals surface area contributed by atoms with Crippen molar-refractivity contribution < 1.29 is 4.79 Å². The SMILES string of the molecule is Cc1ccc(C)c(NC(=O)c2cnc(NCCc3c[nH]c4ccccc34)cn2)c1. The van der Waals surface area contributed by atoms with Crippen LogP contribution in [-0.4, -0.2) is 27.4 Å². The second kappa shape index (κ2) is 8.14. The number of rotatable bonds is 6. The van der Waals surface area contributed by atoms with Crippen molar-refractivity contribution >= 4 is 28.3 Å². The van der Waals surface area contributed by atoms with Crippen molar-refractivity contribution in [1.82, 2.24) is 15.0 Å². The maximum Gasteiger partial charge on any atom is 0.275 e. The van der Waals surface area contributed by atoms with Crippen LogP contribution in [0.25, 0.3) is 10.9 Å². The smallest absolute Gasteiger partial charge is 0.275 e. The molecule has 6 nitrogen and oxygen atoms in total. The molecule has 6 heteroatoms. The first-order valence-electron chi connectivity index (χ1n) is 9.59. The molecule has 1 amide bonds. The van der Waals surface area contributed by atoms with Crippen LogP contribution in [0, 0.1) is 13.8 Å². The fourth-order valence-corrected chi connectivity index (χ4v) is 3.26. The number of amides is 1. The number of anilines is 2. The second-order valence-corrected chi connectivity index (χ2v) is 7.10. The Morgan fingerprint density at radius 1 is 1.07 bits per heavy atom. The van der Waals surface area contributed by atoms with Gasteiger partial charge in [0.05, 0.1) is 12.4 Å². The zero-order valence-corrected chi connectivity index (χ0v) is 16.5. The highest BCUT2D eigenvalue weighted by molar-refractivity contribution is 6.03. The summed E-state index contributed by atoms with van der Waals surface area (Å²) in [4.78, 5) is 24.3. The number of hydrogen-bond acceptors (Lipinski definition) is 4. The zero-order valence-electron chi connectivity index (χ0n) is 16.5. The van der Waals surface area contributed by atoms with Gasteiger partial charge in [0, 0.05) is 29.3 Å². The van der Waals surface area contributed by atoms with Crippen LogP contribution in [0.15, 0.2) is 61.1 Å². The molecule has 4 aromatic rings. The highest BCUT2D eigenvalue weighted by atomic mass is 16.1. The van der Waals surface area contributed by atoms with Gasteiger partial charge in [-0.15, -0.1) is 0 Å². The highest BCUT2D eigenvalue weighted by Gasteiger charge is 2.10. The number of carbonyl (C=O) groups excluding carboxylic acids is 1. The Hall–Kier alpha value is -3.67. The summed E-state index contributed by atoms with van der Waals surface area (Å²) in [5.41, 5.74) is 5.57. The third-order valence-electron chi connectivity index (χ3n) is 4.90. The van der Waals surface area contributed by atoms with E-state index in [0.29, 0.717) is 5.82 Å². The Bertz CT molecular complexity index is 1150. The Balaban J connectivity index is 1.35. The van der Waals surface area contributed by atoms with E-state index in [9.17, 15) is 4.79 Å². The van der Waals surface area contributed by atoms with E-state index in [1.807, 2.05) is 50.4 Å². The van der Waals surface area contributed by atoms with Gasteiger partial charge in [0.2, 0.25) is 0 Å². The maximum atomic E-state index is 12.4. The Morgan fingerprint density at radius 3 is 2.76 bits per heavy atom. The number of H-pyrrole nitrogens is 1. The van der Waals surface area contributed by atoms with Crippen LogP contribution in [0.5, 0.6) is 0 Å². The number of aryl methyl sites for hydroxylation is 2. The number of hydrogen-bond donors (Lipinski definition) is 3. The number of nitrogens with zero attached hydrogens (tertiary/aromatic N) is 2. The second-order valence-electron chi connectivity index (χ2n) is 7.10. The van der Waals surface area contributed by atoms with E-state index >= 15 is 0 Å². The largest absolute Gasteiger partial charge is 0.368 e. The number of aromatic nitrogens is 3. The monoisotopic (exact) mass is 385 g/mol. The summed E-state index contributed by atoms with van der Waals surface area (Å²) in [5.74, 6) is 0.379. The maximum absolute atomic E-state index is 12.4.